The van der Waals surface area contributed by atoms with Crippen molar-refractivity contribution in [3.05, 3.63) is 29.6 Å². The summed E-state index contributed by atoms with van der Waals surface area (Å²) in [6.45, 7) is 2.14. The largest absolute Gasteiger partial charge is 0.478 e. The fourth-order valence-corrected chi connectivity index (χ4v) is 4.19. The summed E-state index contributed by atoms with van der Waals surface area (Å²) < 4.78 is 2.22. The number of carbonyl (C=O) groups is 1. The first-order valence-corrected chi connectivity index (χ1v) is 8.68. The van der Waals surface area contributed by atoms with Crippen LogP contribution in [0.15, 0.2) is 18.2 Å². The smallest absolute Gasteiger partial charge is 0.337 e. The summed E-state index contributed by atoms with van der Waals surface area (Å²) in [7, 11) is 0. The molecule has 1 aromatic heterocycles. The molecule has 0 bridgehead atoms. The highest BCUT2D eigenvalue weighted by Gasteiger charge is 2.24. The van der Waals surface area contributed by atoms with Crippen molar-refractivity contribution in [2.45, 2.75) is 38.6 Å². The number of benzene rings is 1. The van der Waals surface area contributed by atoms with Gasteiger partial charge in [-0.05, 0) is 42.9 Å². The van der Waals surface area contributed by atoms with Crippen molar-refractivity contribution in [1.82, 2.24) is 9.55 Å². The summed E-state index contributed by atoms with van der Waals surface area (Å²) >= 11 is 1.98. The first kappa shape index (κ1) is 14.4. The van der Waals surface area contributed by atoms with E-state index in [0.717, 1.165) is 54.0 Å². The van der Waals surface area contributed by atoms with Gasteiger partial charge in [-0.2, -0.15) is 11.8 Å². The number of para-hydroxylation sites is 1. The van der Waals surface area contributed by atoms with E-state index in [1.54, 1.807) is 12.1 Å². The molecule has 4 nitrogen and oxygen atoms in total. The first-order valence-electron chi connectivity index (χ1n) is 7.53. The molecule has 0 radical (unpaired) electrons. The monoisotopic (exact) mass is 304 g/mol. The Morgan fingerprint density at radius 1 is 1.43 bits per heavy atom. The topological polar surface area (TPSA) is 55.1 Å². The Bertz CT molecular complexity index is 660. The van der Waals surface area contributed by atoms with Crippen molar-refractivity contribution < 1.29 is 9.90 Å². The highest BCUT2D eigenvalue weighted by Crippen LogP contribution is 2.33. The molecule has 2 heterocycles. The Balaban J connectivity index is 2.21. The Kier molecular flexibility index (Phi) is 4.19. The van der Waals surface area contributed by atoms with Gasteiger partial charge in [-0.1, -0.05) is 13.0 Å². The molecule has 1 fully saturated rings. The van der Waals surface area contributed by atoms with E-state index < -0.39 is 5.97 Å². The van der Waals surface area contributed by atoms with Crippen molar-refractivity contribution in [2.75, 3.05) is 11.5 Å². The Labute approximate surface area is 128 Å². The van der Waals surface area contributed by atoms with E-state index in [0.29, 0.717) is 11.6 Å². The standard InChI is InChI=1S/C16H20N2O2S/c1-2-4-14-17-13-6-3-5-12(16(19)20)15(13)18(14)11-7-9-21-10-8-11/h3,5-6,11H,2,4,7-10H2,1H3,(H,19,20). The predicted octanol–water partition coefficient (Wildman–Crippen LogP) is 3.76. The summed E-state index contributed by atoms with van der Waals surface area (Å²) in [5, 5.41) is 9.50. The third-order valence-electron chi connectivity index (χ3n) is 4.04. The third kappa shape index (κ3) is 2.67. The molecule has 0 atom stereocenters. The van der Waals surface area contributed by atoms with Gasteiger partial charge >= 0.3 is 5.97 Å². The van der Waals surface area contributed by atoms with E-state index >= 15 is 0 Å². The number of fused-ring (bicyclic) bond motifs is 1. The zero-order valence-corrected chi connectivity index (χ0v) is 13.0. The first-order chi connectivity index (χ1) is 10.2. The molecule has 0 unspecified atom stereocenters. The summed E-state index contributed by atoms with van der Waals surface area (Å²) in [5.41, 5.74) is 2.00. The number of carboxylic acid groups (broad SMARTS) is 1. The van der Waals surface area contributed by atoms with Crippen LogP contribution in [0.1, 0.15) is 48.4 Å². The van der Waals surface area contributed by atoms with Crippen LogP contribution in [-0.4, -0.2) is 32.1 Å². The van der Waals surface area contributed by atoms with Crippen LogP contribution in [0.2, 0.25) is 0 Å². The normalized spacial score (nSPS) is 16.4. The van der Waals surface area contributed by atoms with Gasteiger partial charge < -0.3 is 9.67 Å². The molecule has 0 aliphatic carbocycles. The van der Waals surface area contributed by atoms with E-state index in [1.807, 2.05) is 17.8 Å². The van der Waals surface area contributed by atoms with Crippen LogP contribution in [-0.2, 0) is 6.42 Å². The van der Waals surface area contributed by atoms with Crippen LogP contribution in [0, 0.1) is 0 Å². The van der Waals surface area contributed by atoms with Crippen LogP contribution < -0.4 is 0 Å². The maximum absolute atomic E-state index is 11.6. The van der Waals surface area contributed by atoms with Gasteiger partial charge in [0.25, 0.3) is 0 Å². The van der Waals surface area contributed by atoms with Crippen LogP contribution in [0.25, 0.3) is 11.0 Å². The molecule has 2 aromatic rings. The van der Waals surface area contributed by atoms with Crippen LogP contribution in [0.3, 0.4) is 0 Å². The predicted molar refractivity (Wildman–Crippen MR) is 86.3 cm³/mol. The number of carboxylic acids is 1. The summed E-state index contributed by atoms with van der Waals surface area (Å²) in [6.07, 6.45) is 4.12. The lowest BCUT2D eigenvalue weighted by Gasteiger charge is -2.25. The summed E-state index contributed by atoms with van der Waals surface area (Å²) in [5.74, 6) is 2.46. The molecule has 1 aliphatic rings. The average molecular weight is 304 g/mol. The second-order valence-corrected chi connectivity index (χ2v) is 6.69. The molecular formula is C16H20N2O2S. The molecule has 3 rings (SSSR count). The maximum Gasteiger partial charge on any atom is 0.337 e. The van der Waals surface area contributed by atoms with E-state index in [4.69, 9.17) is 4.98 Å². The van der Waals surface area contributed by atoms with Crippen LogP contribution >= 0.6 is 11.8 Å². The maximum atomic E-state index is 11.6. The molecule has 112 valence electrons. The molecule has 1 saturated heterocycles. The summed E-state index contributed by atoms with van der Waals surface area (Å²) in [4.78, 5) is 16.3. The fourth-order valence-electron chi connectivity index (χ4n) is 3.11. The van der Waals surface area contributed by atoms with Crippen molar-refractivity contribution in [3.63, 3.8) is 0 Å². The Morgan fingerprint density at radius 2 is 2.19 bits per heavy atom. The van der Waals surface area contributed by atoms with E-state index in [1.165, 1.54) is 0 Å². The number of nitrogens with zero attached hydrogens (tertiary/aromatic N) is 2. The SMILES string of the molecule is CCCc1nc2cccc(C(=O)O)c2n1C1CCSCC1. The van der Waals surface area contributed by atoms with Crippen molar-refractivity contribution in [3.8, 4) is 0 Å². The minimum Gasteiger partial charge on any atom is -0.478 e. The van der Waals surface area contributed by atoms with Gasteiger partial charge in [0.1, 0.15) is 5.82 Å². The highest BCUT2D eigenvalue weighted by atomic mass is 32.2. The molecule has 1 aliphatic heterocycles. The Hall–Kier alpha value is -1.49. The third-order valence-corrected chi connectivity index (χ3v) is 5.09. The molecule has 1 aromatic carbocycles. The number of aromatic carboxylic acids is 1. The van der Waals surface area contributed by atoms with Gasteiger partial charge in [-0.15, -0.1) is 0 Å². The van der Waals surface area contributed by atoms with Crippen LogP contribution in [0.4, 0.5) is 0 Å². The molecule has 0 saturated carbocycles. The summed E-state index contributed by atoms with van der Waals surface area (Å²) in [6, 6.07) is 5.79. The molecule has 0 spiro atoms. The lowest BCUT2D eigenvalue weighted by molar-refractivity contribution is 0.0698. The molecular weight excluding hydrogens is 284 g/mol. The quantitative estimate of drug-likeness (QED) is 0.934. The Morgan fingerprint density at radius 3 is 2.86 bits per heavy atom. The number of hydrogen-bond acceptors (Lipinski definition) is 3. The number of thioether (sulfide) groups is 1. The fraction of sp³-hybridized carbons (Fsp3) is 0.500. The second kappa shape index (κ2) is 6.10. The van der Waals surface area contributed by atoms with Gasteiger partial charge in [0.15, 0.2) is 0 Å². The van der Waals surface area contributed by atoms with Crippen molar-refractivity contribution in [2.24, 2.45) is 0 Å². The molecule has 1 N–H and O–H groups in total. The van der Waals surface area contributed by atoms with Gasteiger partial charge in [0.2, 0.25) is 0 Å². The molecule has 21 heavy (non-hydrogen) atoms. The second-order valence-electron chi connectivity index (χ2n) is 5.47. The zero-order valence-electron chi connectivity index (χ0n) is 12.2. The number of rotatable bonds is 4. The van der Waals surface area contributed by atoms with E-state index in [9.17, 15) is 9.90 Å². The molecule has 0 amide bonds. The lowest BCUT2D eigenvalue weighted by Crippen LogP contribution is -2.18. The minimum atomic E-state index is -0.866. The number of aryl methyl sites for hydroxylation is 1. The number of hydrogen-bond donors (Lipinski definition) is 1. The number of aromatic nitrogens is 2. The van der Waals surface area contributed by atoms with Gasteiger partial charge in [0, 0.05) is 12.5 Å². The van der Waals surface area contributed by atoms with Gasteiger partial charge in [-0.3, -0.25) is 0 Å². The van der Waals surface area contributed by atoms with E-state index in [2.05, 4.69) is 11.5 Å². The van der Waals surface area contributed by atoms with Gasteiger partial charge in [-0.25, -0.2) is 9.78 Å². The highest BCUT2D eigenvalue weighted by molar-refractivity contribution is 7.99. The lowest BCUT2D eigenvalue weighted by atomic mass is 10.1. The molecule has 5 heteroatoms. The zero-order chi connectivity index (χ0) is 14.8. The number of imidazole rings is 1. The van der Waals surface area contributed by atoms with Gasteiger partial charge in [0.05, 0.1) is 16.6 Å². The average Bonchev–Trinajstić information content (AvgIpc) is 2.86. The van der Waals surface area contributed by atoms with E-state index in [-0.39, 0.29) is 0 Å². The van der Waals surface area contributed by atoms with Crippen LogP contribution in [0.5, 0.6) is 0 Å². The van der Waals surface area contributed by atoms with Crippen molar-refractivity contribution in [1.29, 1.82) is 0 Å². The minimum absolute atomic E-state index is 0.376. The van der Waals surface area contributed by atoms with Crippen molar-refractivity contribution >= 4 is 28.8 Å².